The van der Waals surface area contributed by atoms with Crippen molar-refractivity contribution in [3.63, 3.8) is 0 Å². The lowest BCUT2D eigenvalue weighted by Gasteiger charge is -2.34. The largest absolute Gasteiger partial charge is 0.478 e. The fourth-order valence-electron chi connectivity index (χ4n) is 4.49. The van der Waals surface area contributed by atoms with Gasteiger partial charge in [-0.3, -0.25) is 4.79 Å². The zero-order chi connectivity index (χ0) is 23.1. The van der Waals surface area contributed by atoms with Gasteiger partial charge in [-0.2, -0.15) is 5.26 Å². The van der Waals surface area contributed by atoms with E-state index in [4.69, 9.17) is 9.47 Å². The van der Waals surface area contributed by atoms with E-state index in [1.54, 1.807) is 18.3 Å². The van der Waals surface area contributed by atoms with Crippen molar-refractivity contribution in [2.75, 3.05) is 6.61 Å². The first kappa shape index (κ1) is 26.2. The molecular formula is C27H42N2O3. The Hall–Kier alpha value is -2.09. The molecule has 0 N–H and O–H groups in total. The number of carbonyl (C=O) groups is 1. The number of hydrogen-bond acceptors (Lipinski definition) is 5. The molecule has 0 atom stereocenters. The molecule has 1 heterocycles. The molecular weight excluding hydrogens is 400 g/mol. The molecule has 0 unspecified atom stereocenters. The topological polar surface area (TPSA) is 72.2 Å². The van der Waals surface area contributed by atoms with Crippen LogP contribution in [0.1, 0.15) is 110 Å². The van der Waals surface area contributed by atoms with E-state index in [0.717, 1.165) is 44.9 Å². The molecule has 2 rings (SSSR count). The van der Waals surface area contributed by atoms with Crippen LogP contribution in [0.25, 0.3) is 0 Å². The first-order valence-electron chi connectivity index (χ1n) is 12.8. The number of aromatic nitrogens is 1. The second-order valence-corrected chi connectivity index (χ2v) is 9.35. The van der Waals surface area contributed by atoms with Gasteiger partial charge in [-0.25, -0.2) is 4.98 Å². The summed E-state index contributed by atoms with van der Waals surface area (Å²) in [6.45, 7) is 5.09. The van der Waals surface area contributed by atoms with Gasteiger partial charge in [0.15, 0.2) is 0 Å². The monoisotopic (exact) mass is 442 g/mol. The summed E-state index contributed by atoms with van der Waals surface area (Å²) in [6, 6.07) is 6.08. The molecule has 1 saturated carbocycles. The molecule has 32 heavy (non-hydrogen) atoms. The number of hydrogen-bond donors (Lipinski definition) is 0. The highest BCUT2D eigenvalue weighted by Crippen LogP contribution is 2.42. The van der Waals surface area contributed by atoms with E-state index < -0.39 is 0 Å². The van der Waals surface area contributed by atoms with Crippen LogP contribution >= 0.6 is 0 Å². The maximum atomic E-state index is 12.6. The van der Waals surface area contributed by atoms with Crippen LogP contribution in [-0.2, 0) is 4.79 Å². The molecule has 0 aromatic carbocycles. The number of rotatable bonds is 15. The van der Waals surface area contributed by atoms with E-state index in [0.29, 0.717) is 18.2 Å². The number of unbranched alkanes of at least 4 members (excludes halogenated alkanes) is 8. The van der Waals surface area contributed by atoms with Gasteiger partial charge in [0.05, 0.1) is 30.2 Å². The lowest BCUT2D eigenvalue weighted by atomic mass is 9.69. The van der Waals surface area contributed by atoms with Crippen molar-refractivity contribution in [2.24, 2.45) is 11.3 Å². The number of ether oxygens (including phenoxy) is 2. The molecule has 178 valence electrons. The van der Waals surface area contributed by atoms with Crippen LogP contribution in [0.2, 0.25) is 0 Å². The Morgan fingerprint density at radius 3 is 2.28 bits per heavy atom. The van der Waals surface area contributed by atoms with Gasteiger partial charge in [-0.1, -0.05) is 71.6 Å². The molecule has 5 nitrogen and oxygen atoms in total. The van der Waals surface area contributed by atoms with Crippen molar-refractivity contribution in [3.05, 3.63) is 18.3 Å². The minimum Gasteiger partial charge on any atom is -0.478 e. The Bertz CT molecular complexity index is 688. The molecule has 1 aromatic heterocycles. The van der Waals surface area contributed by atoms with Crippen molar-refractivity contribution in [3.8, 4) is 17.7 Å². The van der Waals surface area contributed by atoms with Crippen molar-refractivity contribution in [1.29, 1.82) is 5.26 Å². The van der Waals surface area contributed by atoms with Crippen molar-refractivity contribution >= 4 is 5.97 Å². The van der Waals surface area contributed by atoms with Crippen LogP contribution in [-0.4, -0.2) is 17.6 Å². The Morgan fingerprint density at radius 1 is 1.03 bits per heavy atom. The van der Waals surface area contributed by atoms with E-state index >= 15 is 0 Å². The number of esters is 1. The summed E-state index contributed by atoms with van der Waals surface area (Å²) in [5.74, 6) is 0.690. The molecule has 0 aliphatic heterocycles. The molecule has 0 spiro atoms. The third kappa shape index (κ3) is 9.18. The normalized spacial score (nSPS) is 20.5. The maximum absolute atomic E-state index is 12.6. The van der Waals surface area contributed by atoms with Crippen molar-refractivity contribution in [2.45, 2.75) is 110 Å². The average molecular weight is 443 g/mol. The quantitative estimate of drug-likeness (QED) is 0.209. The highest BCUT2D eigenvalue weighted by atomic mass is 16.5. The van der Waals surface area contributed by atoms with Crippen LogP contribution in [0, 0.1) is 22.7 Å². The van der Waals surface area contributed by atoms with Crippen LogP contribution in [0.3, 0.4) is 0 Å². The van der Waals surface area contributed by atoms with Crippen LogP contribution in [0.15, 0.2) is 18.3 Å². The van der Waals surface area contributed by atoms with Crippen LogP contribution in [0.5, 0.6) is 11.6 Å². The molecule has 0 amide bonds. The van der Waals surface area contributed by atoms with Gasteiger partial charge in [0.25, 0.3) is 0 Å². The lowest BCUT2D eigenvalue weighted by molar-refractivity contribution is -0.140. The van der Waals surface area contributed by atoms with Gasteiger partial charge in [-0.15, -0.1) is 0 Å². The molecule has 1 aromatic rings. The van der Waals surface area contributed by atoms with Gasteiger partial charge in [-0.05, 0) is 44.6 Å². The van der Waals surface area contributed by atoms with E-state index in [-0.39, 0.29) is 17.3 Å². The standard InChI is InChI=1S/C27H42N2O3/c1-3-5-7-9-11-17-27(22-28)18-15-23(16-19-27)26(30)32-24-13-14-25(29-21-24)31-20-12-10-8-6-4-2/h13-14,21,23H,3-12,15-20H2,1-2H3/t23-,27-. The second-order valence-electron chi connectivity index (χ2n) is 9.35. The Balaban J connectivity index is 1.70. The highest BCUT2D eigenvalue weighted by molar-refractivity contribution is 5.75. The first-order valence-corrected chi connectivity index (χ1v) is 12.8. The number of nitriles is 1. The predicted octanol–water partition coefficient (Wildman–Crippen LogP) is 7.40. The van der Waals surface area contributed by atoms with Gasteiger partial charge < -0.3 is 9.47 Å². The van der Waals surface area contributed by atoms with E-state index in [2.05, 4.69) is 24.9 Å². The number of carbonyl (C=O) groups excluding carboxylic acids is 1. The highest BCUT2D eigenvalue weighted by Gasteiger charge is 2.37. The van der Waals surface area contributed by atoms with Gasteiger partial charge >= 0.3 is 5.97 Å². The molecule has 1 aliphatic rings. The Morgan fingerprint density at radius 2 is 1.69 bits per heavy atom. The summed E-state index contributed by atoms with van der Waals surface area (Å²) in [6.07, 6.45) is 17.6. The summed E-state index contributed by atoms with van der Waals surface area (Å²) in [5.41, 5.74) is -0.250. The number of nitrogens with zero attached hydrogens (tertiary/aromatic N) is 2. The Kier molecular flexibility index (Phi) is 12.2. The van der Waals surface area contributed by atoms with E-state index in [1.165, 1.54) is 51.4 Å². The number of pyridine rings is 1. The second kappa shape index (κ2) is 14.9. The molecule has 1 aliphatic carbocycles. The van der Waals surface area contributed by atoms with Gasteiger partial charge in [0, 0.05) is 6.07 Å². The van der Waals surface area contributed by atoms with Crippen LogP contribution in [0.4, 0.5) is 0 Å². The predicted molar refractivity (Wildman–Crippen MR) is 128 cm³/mol. The third-order valence-electron chi connectivity index (χ3n) is 6.70. The molecule has 1 fully saturated rings. The first-order chi connectivity index (χ1) is 15.6. The van der Waals surface area contributed by atoms with E-state index in [9.17, 15) is 10.1 Å². The molecule has 0 saturated heterocycles. The SMILES string of the molecule is CCCCCCCOc1ccc(OC(=O)[C@H]2CC[C@@](C#N)(CCCCCCC)CC2)cn1. The van der Waals surface area contributed by atoms with Gasteiger partial charge in [0.1, 0.15) is 5.75 Å². The summed E-state index contributed by atoms with van der Waals surface area (Å²) >= 11 is 0. The zero-order valence-electron chi connectivity index (χ0n) is 20.2. The molecule has 0 radical (unpaired) electrons. The Labute approximate surface area is 194 Å². The smallest absolute Gasteiger partial charge is 0.314 e. The van der Waals surface area contributed by atoms with Crippen LogP contribution < -0.4 is 9.47 Å². The maximum Gasteiger partial charge on any atom is 0.314 e. The minimum absolute atomic E-state index is 0.129. The van der Waals surface area contributed by atoms with E-state index in [1.807, 2.05) is 0 Å². The average Bonchev–Trinajstić information content (AvgIpc) is 2.82. The van der Waals surface area contributed by atoms with Crippen molar-refractivity contribution in [1.82, 2.24) is 4.98 Å². The summed E-state index contributed by atoms with van der Waals surface area (Å²) in [4.78, 5) is 16.9. The molecule has 5 heteroatoms. The zero-order valence-corrected chi connectivity index (χ0v) is 20.2. The minimum atomic E-state index is -0.250. The summed E-state index contributed by atoms with van der Waals surface area (Å²) < 4.78 is 11.2. The third-order valence-corrected chi connectivity index (χ3v) is 6.70. The fourth-order valence-corrected chi connectivity index (χ4v) is 4.49. The molecule has 0 bridgehead atoms. The summed E-state index contributed by atoms with van der Waals surface area (Å²) in [7, 11) is 0. The fraction of sp³-hybridized carbons (Fsp3) is 0.741. The summed E-state index contributed by atoms with van der Waals surface area (Å²) in [5, 5.41) is 9.76. The lowest BCUT2D eigenvalue weighted by Crippen LogP contribution is -2.31. The van der Waals surface area contributed by atoms with Crippen molar-refractivity contribution < 1.29 is 14.3 Å². The van der Waals surface area contributed by atoms with Gasteiger partial charge in [0.2, 0.25) is 5.88 Å².